The molecule has 0 saturated carbocycles. The highest BCUT2D eigenvalue weighted by molar-refractivity contribution is 6.30. The summed E-state index contributed by atoms with van der Waals surface area (Å²) in [6, 6.07) is 11.6. The van der Waals surface area contributed by atoms with E-state index in [0.717, 1.165) is 31.9 Å². The maximum atomic E-state index is 14.7. The maximum Gasteiger partial charge on any atom is 0.344 e. The number of likely N-dealkylation sites (N-methyl/N-ethyl adjacent to an activating group) is 1. The average Bonchev–Trinajstić information content (AvgIpc) is 2.62. The van der Waals surface area contributed by atoms with Crippen LogP contribution in [0.15, 0.2) is 51.7 Å². The van der Waals surface area contributed by atoms with Crippen molar-refractivity contribution in [3.63, 3.8) is 0 Å². The molecule has 0 radical (unpaired) electrons. The fraction of sp³-hybridized carbons (Fsp3) is 0.250. The van der Waals surface area contributed by atoms with E-state index in [4.69, 9.17) is 16.0 Å². The molecule has 1 fully saturated rings. The second-order valence-electron chi connectivity index (χ2n) is 6.58. The Kier molecular flexibility index (Phi) is 4.42. The summed E-state index contributed by atoms with van der Waals surface area (Å²) < 4.78 is 20.2. The van der Waals surface area contributed by atoms with Crippen LogP contribution < -0.4 is 10.5 Å². The molecule has 26 heavy (non-hydrogen) atoms. The Morgan fingerprint density at radius 3 is 2.42 bits per heavy atom. The van der Waals surface area contributed by atoms with Crippen molar-refractivity contribution in [2.45, 2.75) is 0 Å². The Labute approximate surface area is 155 Å². The highest BCUT2D eigenvalue weighted by atomic mass is 35.5. The number of rotatable bonds is 2. The number of fused-ring (bicyclic) bond motifs is 1. The van der Waals surface area contributed by atoms with Crippen LogP contribution in [0.4, 0.5) is 10.1 Å². The third-order valence-corrected chi connectivity index (χ3v) is 5.06. The lowest BCUT2D eigenvalue weighted by Crippen LogP contribution is -2.44. The van der Waals surface area contributed by atoms with Crippen LogP contribution in [-0.4, -0.2) is 38.1 Å². The zero-order valence-corrected chi connectivity index (χ0v) is 15.1. The summed E-state index contributed by atoms with van der Waals surface area (Å²) in [6.45, 7) is 3.46. The first-order valence-electron chi connectivity index (χ1n) is 8.48. The largest absolute Gasteiger partial charge is 0.422 e. The molecule has 4 rings (SSSR count). The minimum Gasteiger partial charge on any atom is -0.422 e. The van der Waals surface area contributed by atoms with E-state index >= 15 is 0 Å². The molecule has 1 aliphatic rings. The van der Waals surface area contributed by atoms with Crippen molar-refractivity contribution in [1.29, 1.82) is 0 Å². The van der Waals surface area contributed by atoms with Gasteiger partial charge in [-0.3, -0.25) is 0 Å². The van der Waals surface area contributed by atoms with Gasteiger partial charge in [-0.25, -0.2) is 9.18 Å². The van der Waals surface area contributed by atoms with Gasteiger partial charge in [0.2, 0.25) is 0 Å². The van der Waals surface area contributed by atoms with Crippen LogP contribution in [0.2, 0.25) is 5.02 Å². The van der Waals surface area contributed by atoms with Crippen LogP contribution >= 0.6 is 11.6 Å². The molecule has 0 bridgehead atoms. The van der Waals surface area contributed by atoms with Crippen molar-refractivity contribution in [3.05, 3.63) is 63.7 Å². The highest BCUT2D eigenvalue weighted by Crippen LogP contribution is 2.28. The molecule has 1 aromatic heterocycles. The third kappa shape index (κ3) is 3.20. The van der Waals surface area contributed by atoms with Crippen molar-refractivity contribution < 1.29 is 8.81 Å². The van der Waals surface area contributed by atoms with Crippen molar-refractivity contribution in [2.75, 3.05) is 38.1 Å². The molecular weight excluding hydrogens is 355 g/mol. The molecule has 2 aromatic carbocycles. The number of halogens is 2. The van der Waals surface area contributed by atoms with Crippen LogP contribution in [-0.2, 0) is 0 Å². The molecule has 0 N–H and O–H groups in total. The van der Waals surface area contributed by atoms with Gasteiger partial charge < -0.3 is 14.2 Å². The molecule has 0 unspecified atom stereocenters. The summed E-state index contributed by atoms with van der Waals surface area (Å²) >= 11 is 5.89. The third-order valence-electron chi connectivity index (χ3n) is 4.81. The Morgan fingerprint density at radius 1 is 1.04 bits per heavy atom. The summed E-state index contributed by atoms with van der Waals surface area (Å²) in [5.74, 6) is -0.393. The standard InChI is InChI=1S/C20H18ClFN2O2/c1-23-6-8-24(9-7-23)15-10-18(22)17-12-16(20(25)26-19(17)11-15)13-2-4-14(21)5-3-13/h2-5,10-12H,6-9H2,1H3. The first-order valence-corrected chi connectivity index (χ1v) is 8.86. The number of benzene rings is 2. The molecule has 0 amide bonds. The molecule has 0 spiro atoms. The van der Waals surface area contributed by atoms with E-state index in [1.165, 1.54) is 6.07 Å². The van der Waals surface area contributed by atoms with E-state index in [-0.39, 0.29) is 5.58 Å². The van der Waals surface area contributed by atoms with Gasteiger partial charge in [-0.2, -0.15) is 0 Å². The van der Waals surface area contributed by atoms with Gasteiger partial charge in [0, 0.05) is 43.0 Å². The van der Waals surface area contributed by atoms with Crippen LogP contribution in [0, 0.1) is 5.82 Å². The minimum absolute atomic E-state index is 0.265. The van der Waals surface area contributed by atoms with Gasteiger partial charge in [0.1, 0.15) is 11.4 Å². The van der Waals surface area contributed by atoms with Crippen LogP contribution in [0.3, 0.4) is 0 Å². The van der Waals surface area contributed by atoms with Crippen molar-refractivity contribution in [1.82, 2.24) is 4.90 Å². The quantitative estimate of drug-likeness (QED) is 0.637. The number of nitrogens with zero attached hydrogens (tertiary/aromatic N) is 2. The monoisotopic (exact) mass is 372 g/mol. The van der Waals surface area contributed by atoms with E-state index < -0.39 is 11.4 Å². The summed E-state index contributed by atoms with van der Waals surface area (Å²) in [5, 5.41) is 0.870. The van der Waals surface area contributed by atoms with Crippen LogP contribution in [0.1, 0.15) is 0 Å². The summed E-state index contributed by atoms with van der Waals surface area (Å²) in [7, 11) is 2.07. The molecule has 2 heterocycles. The molecule has 4 nitrogen and oxygen atoms in total. The van der Waals surface area contributed by atoms with Crippen LogP contribution in [0.5, 0.6) is 0 Å². The number of piperazine rings is 1. The van der Waals surface area contributed by atoms with Gasteiger partial charge in [0.25, 0.3) is 0 Å². The van der Waals surface area contributed by atoms with E-state index in [1.807, 2.05) is 0 Å². The molecule has 0 atom stereocenters. The second kappa shape index (κ2) is 6.74. The molecular formula is C20H18ClFN2O2. The van der Waals surface area contributed by atoms with E-state index in [0.29, 0.717) is 21.5 Å². The fourth-order valence-electron chi connectivity index (χ4n) is 3.24. The summed E-state index contributed by atoms with van der Waals surface area (Å²) in [4.78, 5) is 16.8. The van der Waals surface area contributed by atoms with Crippen LogP contribution in [0.25, 0.3) is 22.1 Å². The fourth-order valence-corrected chi connectivity index (χ4v) is 3.37. The van der Waals surface area contributed by atoms with Gasteiger partial charge in [0.05, 0.1) is 10.9 Å². The first kappa shape index (κ1) is 17.1. The lowest BCUT2D eigenvalue weighted by molar-refractivity contribution is 0.313. The molecule has 134 valence electrons. The predicted octanol–water partition coefficient (Wildman–Crippen LogP) is 4.00. The molecule has 1 aliphatic heterocycles. The zero-order chi connectivity index (χ0) is 18.3. The number of hydrogen-bond donors (Lipinski definition) is 0. The smallest absolute Gasteiger partial charge is 0.344 e. The predicted molar refractivity (Wildman–Crippen MR) is 103 cm³/mol. The normalized spacial score (nSPS) is 15.6. The topological polar surface area (TPSA) is 36.7 Å². The van der Waals surface area contributed by atoms with E-state index in [2.05, 4.69) is 16.8 Å². The SMILES string of the molecule is CN1CCN(c2cc(F)c3cc(-c4ccc(Cl)cc4)c(=O)oc3c2)CC1. The molecule has 6 heteroatoms. The first-order chi connectivity index (χ1) is 12.5. The van der Waals surface area contributed by atoms with Crippen molar-refractivity contribution in [2.24, 2.45) is 0 Å². The van der Waals surface area contributed by atoms with Gasteiger partial charge in [0.15, 0.2) is 0 Å². The van der Waals surface area contributed by atoms with Gasteiger partial charge >= 0.3 is 5.63 Å². The Morgan fingerprint density at radius 2 is 1.73 bits per heavy atom. The highest BCUT2D eigenvalue weighted by Gasteiger charge is 2.18. The lowest BCUT2D eigenvalue weighted by atomic mass is 10.1. The maximum absolute atomic E-state index is 14.7. The van der Waals surface area contributed by atoms with Crippen molar-refractivity contribution >= 4 is 28.3 Å². The average molecular weight is 373 g/mol. The van der Waals surface area contributed by atoms with E-state index in [1.54, 1.807) is 36.4 Å². The number of hydrogen-bond acceptors (Lipinski definition) is 4. The Balaban J connectivity index is 1.78. The Bertz CT molecular complexity index is 1010. The zero-order valence-electron chi connectivity index (χ0n) is 14.3. The van der Waals surface area contributed by atoms with E-state index in [9.17, 15) is 9.18 Å². The van der Waals surface area contributed by atoms with Crippen molar-refractivity contribution in [3.8, 4) is 11.1 Å². The summed E-state index contributed by atoms with van der Waals surface area (Å²) in [5.41, 5.74) is 1.48. The molecule has 0 aliphatic carbocycles. The summed E-state index contributed by atoms with van der Waals surface area (Å²) in [6.07, 6.45) is 0. The lowest BCUT2D eigenvalue weighted by Gasteiger charge is -2.34. The second-order valence-corrected chi connectivity index (χ2v) is 7.02. The molecule has 1 saturated heterocycles. The van der Waals surface area contributed by atoms with Gasteiger partial charge in [-0.15, -0.1) is 0 Å². The van der Waals surface area contributed by atoms with Gasteiger partial charge in [-0.05, 0) is 36.9 Å². The minimum atomic E-state index is -0.491. The molecule has 3 aromatic rings. The number of anilines is 1. The van der Waals surface area contributed by atoms with Gasteiger partial charge in [-0.1, -0.05) is 23.7 Å². The Hall–Kier alpha value is -2.37.